The zero-order valence-electron chi connectivity index (χ0n) is 8.52. The molecule has 1 heterocycles. The van der Waals surface area contributed by atoms with Crippen LogP contribution in [0.25, 0.3) is 10.9 Å². The van der Waals surface area contributed by atoms with Crippen molar-refractivity contribution in [2.45, 2.75) is 26.8 Å². The highest BCUT2D eigenvalue weighted by atomic mass is 16.1. The standard InChI is InChI=1S/C13H13NO.CH4/c15-9-12-7-11-3-1-2-4-13(11)14(12)8-10-5-6-10;/h1-4,7,9-10H,5-6,8H2;1H4. The van der Waals surface area contributed by atoms with Crippen molar-refractivity contribution < 1.29 is 4.79 Å². The van der Waals surface area contributed by atoms with Gasteiger partial charge in [-0.1, -0.05) is 25.6 Å². The monoisotopic (exact) mass is 215 g/mol. The Morgan fingerprint density at radius 2 is 2.06 bits per heavy atom. The van der Waals surface area contributed by atoms with Crippen LogP contribution in [0.2, 0.25) is 0 Å². The molecule has 0 N–H and O–H groups in total. The molecule has 0 spiro atoms. The molecule has 1 aromatic heterocycles. The number of nitrogens with zero attached hydrogens (tertiary/aromatic N) is 1. The molecule has 1 aliphatic carbocycles. The van der Waals surface area contributed by atoms with E-state index in [1.54, 1.807) is 0 Å². The Bertz CT molecular complexity index is 508. The third-order valence-electron chi connectivity index (χ3n) is 3.10. The zero-order chi connectivity index (χ0) is 10.3. The number of carbonyl (C=O) groups is 1. The van der Waals surface area contributed by atoms with E-state index in [9.17, 15) is 4.79 Å². The minimum absolute atomic E-state index is 0. The van der Waals surface area contributed by atoms with E-state index >= 15 is 0 Å². The van der Waals surface area contributed by atoms with Gasteiger partial charge in [0.15, 0.2) is 6.29 Å². The van der Waals surface area contributed by atoms with Crippen molar-refractivity contribution in [1.82, 2.24) is 4.57 Å². The van der Waals surface area contributed by atoms with Crippen LogP contribution in [0.1, 0.15) is 30.8 Å². The lowest BCUT2D eigenvalue weighted by Crippen LogP contribution is -2.03. The van der Waals surface area contributed by atoms with Crippen molar-refractivity contribution in [3.63, 3.8) is 0 Å². The van der Waals surface area contributed by atoms with E-state index in [1.807, 2.05) is 18.2 Å². The summed E-state index contributed by atoms with van der Waals surface area (Å²) in [6, 6.07) is 10.2. The Morgan fingerprint density at radius 3 is 2.75 bits per heavy atom. The maximum Gasteiger partial charge on any atom is 0.166 e. The molecule has 2 aromatic rings. The fourth-order valence-corrected chi connectivity index (χ4v) is 2.09. The minimum atomic E-state index is 0. The van der Waals surface area contributed by atoms with Gasteiger partial charge in [-0.05, 0) is 30.9 Å². The van der Waals surface area contributed by atoms with E-state index in [4.69, 9.17) is 0 Å². The number of fused-ring (bicyclic) bond motifs is 1. The molecule has 1 aromatic carbocycles. The van der Waals surface area contributed by atoms with Gasteiger partial charge in [-0.25, -0.2) is 0 Å². The summed E-state index contributed by atoms with van der Waals surface area (Å²) >= 11 is 0. The summed E-state index contributed by atoms with van der Waals surface area (Å²) in [7, 11) is 0. The number of hydrogen-bond acceptors (Lipinski definition) is 1. The highest BCUT2D eigenvalue weighted by molar-refractivity contribution is 5.88. The summed E-state index contributed by atoms with van der Waals surface area (Å²) < 4.78 is 2.15. The van der Waals surface area contributed by atoms with Gasteiger partial charge in [0.1, 0.15) is 0 Å². The van der Waals surface area contributed by atoms with Crippen molar-refractivity contribution in [3.8, 4) is 0 Å². The first-order valence-electron chi connectivity index (χ1n) is 5.42. The van der Waals surface area contributed by atoms with Crippen LogP contribution in [0.4, 0.5) is 0 Å². The lowest BCUT2D eigenvalue weighted by molar-refractivity contribution is 0.111. The van der Waals surface area contributed by atoms with Gasteiger partial charge in [0.05, 0.1) is 5.69 Å². The number of aromatic nitrogens is 1. The second-order valence-corrected chi connectivity index (χ2v) is 4.30. The summed E-state index contributed by atoms with van der Waals surface area (Å²) in [4.78, 5) is 11.0. The van der Waals surface area contributed by atoms with Crippen LogP contribution in [0.15, 0.2) is 30.3 Å². The Kier molecular flexibility index (Phi) is 2.82. The Labute approximate surface area is 95.9 Å². The smallest absolute Gasteiger partial charge is 0.166 e. The summed E-state index contributed by atoms with van der Waals surface area (Å²) in [5.74, 6) is 0.791. The number of aldehydes is 1. The van der Waals surface area contributed by atoms with Gasteiger partial charge >= 0.3 is 0 Å². The zero-order valence-corrected chi connectivity index (χ0v) is 8.52. The lowest BCUT2D eigenvalue weighted by atomic mass is 10.2. The van der Waals surface area contributed by atoms with Crippen molar-refractivity contribution in [2.75, 3.05) is 0 Å². The molecule has 0 aliphatic heterocycles. The van der Waals surface area contributed by atoms with Crippen molar-refractivity contribution in [1.29, 1.82) is 0 Å². The minimum Gasteiger partial charge on any atom is -0.338 e. The fourth-order valence-electron chi connectivity index (χ4n) is 2.09. The second kappa shape index (κ2) is 4.12. The molecule has 0 saturated heterocycles. The summed E-state index contributed by atoms with van der Waals surface area (Å²) in [5.41, 5.74) is 2.00. The average Bonchev–Trinajstić information content (AvgIpc) is 3.01. The number of para-hydroxylation sites is 1. The number of benzene rings is 1. The van der Waals surface area contributed by atoms with Gasteiger partial charge in [0.25, 0.3) is 0 Å². The molecular formula is C14H17NO. The van der Waals surface area contributed by atoms with Gasteiger partial charge in [-0.15, -0.1) is 0 Å². The first kappa shape index (κ1) is 10.9. The maximum atomic E-state index is 11.0. The van der Waals surface area contributed by atoms with Crippen LogP contribution in [-0.4, -0.2) is 10.9 Å². The molecule has 16 heavy (non-hydrogen) atoms. The first-order chi connectivity index (χ1) is 7.38. The van der Waals surface area contributed by atoms with Crippen LogP contribution in [0.5, 0.6) is 0 Å². The number of carbonyl (C=O) groups excluding carboxylic acids is 1. The first-order valence-corrected chi connectivity index (χ1v) is 5.42. The molecule has 0 bridgehead atoms. The normalized spacial score (nSPS) is 14.8. The van der Waals surface area contributed by atoms with Crippen molar-refractivity contribution >= 4 is 17.2 Å². The highest BCUT2D eigenvalue weighted by Crippen LogP contribution is 2.32. The molecular weight excluding hydrogens is 198 g/mol. The number of rotatable bonds is 3. The Morgan fingerprint density at radius 1 is 1.31 bits per heavy atom. The SMILES string of the molecule is C.O=Cc1cc2ccccc2n1CC1CC1. The van der Waals surface area contributed by atoms with E-state index in [-0.39, 0.29) is 7.43 Å². The van der Waals surface area contributed by atoms with E-state index in [0.717, 1.165) is 24.4 Å². The highest BCUT2D eigenvalue weighted by Gasteiger charge is 2.23. The molecule has 0 unspecified atom stereocenters. The maximum absolute atomic E-state index is 11.0. The van der Waals surface area contributed by atoms with Crippen molar-refractivity contribution in [2.24, 2.45) is 5.92 Å². The molecule has 0 amide bonds. The molecule has 1 aliphatic rings. The van der Waals surface area contributed by atoms with Crippen molar-refractivity contribution in [3.05, 3.63) is 36.0 Å². The summed E-state index contributed by atoms with van der Waals surface area (Å²) in [6.45, 7) is 1.00. The lowest BCUT2D eigenvalue weighted by Gasteiger charge is -2.05. The molecule has 3 rings (SSSR count). The summed E-state index contributed by atoms with van der Waals surface area (Å²) in [5, 5.41) is 1.17. The quantitative estimate of drug-likeness (QED) is 0.718. The fraction of sp³-hybridized carbons (Fsp3) is 0.357. The van der Waals surface area contributed by atoms with Crippen LogP contribution in [-0.2, 0) is 6.54 Å². The predicted molar refractivity (Wildman–Crippen MR) is 66.8 cm³/mol. The van der Waals surface area contributed by atoms with Gasteiger partial charge in [-0.3, -0.25) is 4.79 Å². The van der Waals surface area contributed by atoms with E-state index in [2.05, 4.69) is 16.7 Å². The van der Waals surface area contributed by atoms with Crippen LogP contribution >= 0.6 is 0 Å². The van der Waals surface area contributed by atoms with Crippen LogP contribution < -0.4 is 0 Å². The molecule has 0 atom stereocenters. The van der Waals surface area contributed by atoms with E-state index in [1.165, 1.54) is 23.7 Å². The molecule has 1 fully saturated rings. The molecule has 2 heteroatoms. The second-order valence-electron chi connectivity index (χ2n) is 4.30. The largest absolute Gasteiger partial charge is 0.338 e. The Balaban J connectivity index is 0.000000963. The Hall–Kier alpha value is -1.57. The van der Waals surface area contributed by atoms with Crippen LogP contribution in [0, 0.1) is 5.92 Å². The van der Waals surface area contributed by atoms with E-state index < -0.39 is 0 Å². The third kappa shape index (κ3) is 1.75. The molecule has 1 saturated carbocycles. The molecule has 0 radical (unpaired) electrons. The predicted octanol–water partition coefficient (Wildman–Crippen LogP) is 3.50. The van der Waals surface area contributed by atoms with Gasteiger partial charge in [0.2, 0.25) is 0 Å². The number of hydrogen-bond donors (Lipinski definition) is 0. The van der Waals surface area contributed by atoms with Gasteiger partial charge in [0, 0.05) is 17.4 Å². The van der Waals surface area contributed by atoms with Gasteiger partial charge < -0.3 is 4.57 Å². The molecule has 84 valence electrons. The van der Waals surface area contributed by atoms with Gasteiger partial charge in [-0.2, -0.15) is 0 Å². The third-order valence-corrected chi connectivity index (χ3v) is 3.10. The topological polar surface area (TPSA) is 22.0 Å². The molecule has 2 nitrogen and oxygen atoms in total. The average molecular weight is 215 g/mol. The summed E-state index contributed by atoms with van der Waals surface area (Å²) in [6.07, 6.45) is 3.58. The van der Waals surface area contributed by atoms with Crippen LogP contribution in [0.3, 0.4) is 0 Å². The van der Waals surface area contributed by atoms with E-state index in [0.29, 0.717) is 0 Å².